The summed E-state index contributed by atoms with van der Waals surface area (Å²) < 4.78 is 4.12. The molecule has 38 heavy (non-hydrogen) atoms. The van der Waals surface area contributed by atoms with Crippen LogP contribution in [0.15, 0.2) is 97.2 Å². The summed E-state index contributed by atoms with van der Waals surface area (Å²) in [5, 5.41) is 8.67. The van der Waals surface area contributed by atoms with Crippen molar-refractivity contribution in [3.63, 3.8) is 0 Å². The zero-order valence-corrected chi connectivity index (χ0v) is 22.1. The zero-order chi connectivity index (χ0) is 26.2. The Morgan fingerprint density at radius 2 is 1.79 bits per heavy atom. The molecule has 0 saturated carbocycles. The van der Waals surface area contributed by atoms with Gasteiger partial charge in [-0.2, -0.15) is 5.10 Å². The molecule has 3 heterocycles. The molecule has 3 aromatic carbocycles. The van der Waals surface area contributed by atoms with E-state index in [0.717, 1.165) is 46.1 Å². The van der Waals surface area contributed by atoms with Crippen LogP contribution < -0.4 is 5.32 Å². The molecule has 0 saturated heterocycles. The van der Waals surface area contributed by atoms with E-state index in [1.807, 2.05) is 108 Å². The first-order chi connectivity index (χ1) is 18.5. The van der Waals surface area contributed by atoms with Crippen LogP contribution in [0, 0.1) is 6.92 Å². The third-order valence-electron chi connectivity index (χ3n) is 7.13. The molecule has 1 N–H and O–H groups in total. The third-order valence-corrected chi connectivity index (χ3v) is 7.36. The SMILES string of the molecule is CCc1ccc(NC(=O)N2Cc3c(C)nn(-c4ccccc4)c3-n3cccc3C2c2cccc(Cl)c2)cc1. The fourth-order valence-electron chi connectivity index (χ4n) is 5.20. The molecule has 6 nitrogen and oxygen atoms in total. The fourth-order valence-corrected chi connectivity index (χ4v) is 5.39. The van der Waals surface area contributed by atoms with E-state index in [0.29, 0.717) is 11.6 Å². The smallest absolute Gasteiger partial charge is 0.308 e. The molecule has 0 aliphatic carbocycles. The number of halogens is 1. The van der Waals surface area contributed by atoms with Crippen molar-refractivity contribution in [3.05, 3.63) is 130 Å². The van der Waals surface area contributed by atoms with Crippen molar-refractivity contribution in [1.82, 2.24) is 19.2 Å². The van der Waals surface area contributed by atoms with E-state index in [1.54, 1.807) is 0 Å². The van der Waals surface area contributed by atoms with E-state index in [2.05, 4.69) is 22.9 Å². The molecule has 0 bridgehead atoms. The Balaban J connectivity index is 1.51. The van der Waals surface area contributed by atoms with Crippen LogP contribution in [0.25, 0.3) is 11.5 Å². The normalized spacial score (nSPS) is 14.5. The van der Waals surface area contributed by atoms with Crippen LogP contribution in [-0.4, -0.2) is 25.3 Å². The minimum Gasteiger partial charge on any atom is -0.308 e. The number of urea groups is 1. The lowest BCUT2D eigenvalue weighted by Gasteiger charge is -2.31. The van der Waals surface area contributed by atoms with Crippen LogP contribution in [0.3, 0.4) is 0 Å². The van der Waals surface area contributed by atoms with Crippen molar-refractivity contribution in [2.24, 2.45) is 0 Å². The summed E-state index contributed by atoms with van der Waals surface area (Å²) in [6.07, 6.45) is 2.98. The number of benzene rings is 3. The summed E-state index contributed by atoms with van der Waals surface area (Å²) in [5.74, 6) is 0.934. The highest BCUT2D eigenvalue weighted by molar-refractivity contribution is 6.30. The first-order valence-electron chi connectivity index (χ1n) is 12.8. The van der Waals surface area contributed by atoms with Crippen LogP contribution in [0.2, 0.25) is 5.02 Å². The van der Waals surface area contributed by atoms with E-state index in [4.69, 9.17) is 16.7 Å². The van der Waals surface area contributed by atoms with Crippen molar-refractivity contribution in [1.29, 1.82) is 0 Å². The number of hydrogen-bond donors (Lipinski definition) is 1. The molecule has 2 aromatic heterocycles. The first-order valence-corrected chi connectivity index (χ1v) is 13.1. The molecule has 2 amide bonds. The number of carbonyl (C=O) groups excluding carboxylic acids is 1. The van der Waals surface area contributed by atoms with E-state index < -0.39 is 0 Å². The molecule has 7 heteroatoms. The predicted molar refractivity (Wildman–Crippen MR) is 151 cm³/mol. The molecule has 1 unspecified atom stereocenters. The van der Waals surface area contributed by atoms with Gasteiger partial charge in [0, 0.05) is 22.5 Å². The molecule has 0 spiro atoms. The van der Waals surface area contributed by atoms with Crippen molar-refractivity contribution in [2.75, 3.05) is 5.32 Å². The predicted octanol–water partition coefficient (Wildman–Crippen LogP) is 7.32. The van der Waals surface area contributed by atoms with Gasteiger partial charge in [-0.25, -0.2) is 9.48 Å². The first kappa shape index (κ1) is 24.1. The van der Waals surface area contributed by atoms with Crippen LogP contribution >= 0.6 is 11.6 Å². The number of carbonyl (C=O) groups is 1. The Hall–Kier alpha value is -4.29. The van der Waals surface area contributed by atoms with Crippen LogP contribution in [0.1, 0.15) is 41.0 Å². The maximum Gasteiger partial charge on any atom is 0.322 e. The van der Waals surface area contributed by atoms with Crippen molar-refractivity contribution >= 4 is 23.3 Å². The second-order valence-electron chi connectivity index (χ2n) is 9.50. The average molecular weight is 522 g/mol. The molecule has 1 aliphatic rings. The van der Waals surface area contributed by atoms with Crippen LogP contribution in [0.4, 0.5) is 10.5 Å². The molecule has 0 radical (unpaired) electrons. The lowest BCUT2D eigenvalue weighted by atomic mass is 10.0. The minimum absolute atomic E-state index is 0.188. The van der Waals surface area contributed by atoms with Gasteiger partial charge in [0.1, 0.15) is 5.82 Å². The standard InChI is InChI=1S/C31H28ClN5O/c1-3-22-14-16-25(17-15-22)33-31(38)36-20-27-21(2)34-37(26-11-5-4-6-12-26)30(27)35-18-8-13-28(35)29(36)23-9-7-10-24(32)19-23/h4-19,29H,3,20H2,1-2H3,(H,33,38). The van der Waals surface area contributed by atoms with Gasteiger partial charge >= 0.3 is 6.03 Å². The van der Waals surface area contributed by atoms with Crippen molar-refractivity contribution in [2.45, 2.75) is 32.9 Å². The van der Waals surface area contributed by atoms with Crippen LogP contribution in [-0.2, 0) is 13.0 Å². The quantitative estimate of drug-likeness (QED) is 0.269. The Morgan fingerprint density at radius 1 is 1.00 bits per heavy atom. The van der Waals surface area contributed by atoms with Gasteiger partial charge in [-0.05, 0) is 73.0 Å². The maximum atomic E-state index is 14.0. The highest BCUT2D eigenvalue weighted by atomic mass is 35.5. The maximum absolute atomic E-state index is 14.0. The molecular weight excluding hydrogens is 494 g/mol. The number of aromatic nitrogens is 3. The monoisotopic (exact) mass is 521 g/mol. The molecule has 190 valence electrons. The third kappa shape index (κ3) is 4.27. The van der Waals surface area contributed by atoms with Gasteiger partial charge in [-0.3, -0.25) is 0 Å². The number of nitrogens with zero attached hydrogens (tertiary/aromatic N) is 4. The van der Waals surface area contributed by atoms with Gasteiger partial charge in [-0.1, -0.05) is 61.0 Å². The highest BCUT2D eigenvalue weighted by Crippen LogP contribution is 2.39. The Morgan fingerprint density at radius 3 is 2.53 bits per heavy atom. The second kappa shape index (κ2) is 9.88. The molecule has 1 aliphatic heterocycles. The van der Waals surface area contributed by atoms with Crippen LogP contribution in [0.5, 0.6) is 0 Å². The summed E-state index contributed by atoms with van der Waals surface area (Å²) in [4.78, 5) is 15.9. The van der Waals surface area contributed by atoms with Gasteiger partial charge in [-0.15, -0.1) is 0 Å². The lowest BCUT2D eigenvalue weighted by molar-refractivity contribution is 0.194. The fraction of sp³-hybridized carbons (Fsp3) is 0.161. The summed E-state index contributed by atoms with van der Waals surface area (Å²) in [6.45, 7) is 4.50. The number of hydrogen-bond acceptors (Lipinski definition) is 2. The van der Waals surface area contributed by atoms with Crippen molar-refractivity contribution in [3.8, 4) is 11.5 Å². The van der Waals surface area contributed by atoms with E-state index in [-0.39, 0.29) is 12.1 Å². The summed E-state index contributed by atoms with van der Waals surface area (Å²) in [7, 11) is 0. The zero-order valence-electron chi connectivity index (χ0n) is 21.3. The Labute approximate surface area is 227 Å². The van der Waals surface area contributed by atoms with E-state index in [1.165, 1.54) is 5.56 Å². The number of amides is 2. The summed E-state index contributed by atoms with van der Waals surface area (Å²) in [6, 6.07) is 29.4. The Bertz CT molecular complexity index is 1600. The number of anilines is 1. The molecule has 6 rings (SSSR count). The topological polar surface area (TPSA) is 55.1 Å². The van der Waals surface area contributed by atoms with E-state index >= 15 is 0 Å². The van der Waals surface area contributed by atoms with Gasteiger partial charge in [0.15, 0.2) is 0 Å². The molecule has 0 fully saturated rings. The largest absolute Gasteiger partial charge is 0.322 e. The number of fused-ring (bicyclic) bond motifs is 3. The number of rotatable bonds is 4. The number of aryl methyl sites for hydroxylation is 2. The molecular formula is C31H28ClN5O. The van der Waals surface area contributed by atoms with Gasteiger partial charge < -0.3 is 14.8 Å². The van der Waals surface area contributed by atoms with Gasteiger partial charge in [0.05, 0.1) is 29.7 Å². The molecule has 5 aromatic rings. The summed E-state index contributed by atoms with van der Waals surface area (Å²) >= 11 is 6.45. The number of para-hydroxylation sites is 1. The second-order valence-corrected chi connectivity index (χ2v) is 9.94. The van der Waals surface area contributed by atoms with Gasteiger partial charge in [0.25, 0.3) is 0 Å². The lowest BCUT2D eigenvalue weighted by Crippen LogP contribution is -2.38. The average Bonchev–Trinajstić information content (AvgIpc) is 3.50. The number of nitrogens with one attached hydrogen (secondary N) is 1. The minimum atomic E-state index is -0.366. The summed E-state index contributed by atoms with van der Waals surface area (Å²) in [5.41, 5.74) is 6.71. The Kier molecular flexibility index (Phi) is 6.26. The highest BCUT2D eigenvalue weighted by Gasteiger charge is 2.36. The van der Waals surface area contributed by atoms with Crippen molar-refractivity contribution < 1.29 is 4.79 Å². The van der Waals surface area contributed by atoms with Gasteiger partial charge in [0.2, 0.25) is 0 Å². The molecule has 1 atom stereocenters. The van der Waals surface area contributed by atoms with E-state index in [9.17, 15) is 4.79 Å².